The smallest absolute Gasteiger partial charge is 0.317 e. The van der Waals surface area contributed by atoms with Gasteiger partial charge in [0.05, 0.1) is 23.8 Å². The van der Waals surface area contributed by atoms with E-state index in [-0.39, 0.29) is 17.4 Å². The van der Waals surface area contributed by atoms with E-state index in [1.807, 2.05) is 12.1 Å². The number of rotatable bonds is 5. The Morgan fingerprint density at radius 2 is 1.97 bits per heavy atom. The Hall–Kier alpha value is -2.55. The number of carbonyl (C=O) groups is 1. The average molecular weight is 434 g/mol. The van der Waals surface area contributed by atoms with Crippen LogP contribution in [-0.4, -0.2) is 48.9 Å². The van der Waals surface area contributed by atoms with Gasteiger partial charge >= 0.3 is 6.03 Å². The van der Waals surface area contributed by atoms with Crippen LogP contribution in [-0.2, 0) is 22.0 Å². The SMILES string of the molecule is CC(C)(C)c1ccc(CNC(=O)N2CCCC(c3[nH]ncc3NS(C)(=O)=O)C2)cc1. The number of benzene rings is 1. The number of carbonyl (C=O) groups excluding carboxylic acids is 1. The maximum Gasteiger partial charge on any atom is 0.317 e. The molecule has 9 heteroatoms. The number of aromatic nitrogens is 2. The minimum absolute atomic E-state index is 0.00215. The summed E-state index contributed by atoms with van der Waals surface area (Å²) in [5.41, 5.74) is 3.58. The van der Waals surface area contributed by atoms with Crippen molar-refractivity contribution < 1.29 is 13.2 Å². The lowest BCUT2D eigenvalue weighted by Crippen LogP contribution is -2.44. The summed E-state index contributed by atoms with van der Waals surface area (Å²) in [4.78, 5) is 14.5. The number of H-pyrrole nitrogens is 1. The molecule has 8 nitrogen and oxygen atoms in total. The van der Waals surface area contributed by atoms with E-state index in [2.05, 4.69) is 53.1 Å². The number of urea groups is 1. The molecule has 0 radical (unpaired) electrons. The van der Waals surface area contributed by atoms with Crippen molar-refractivity contribution in [3.63, 3.8) is 0 Å². The van der Waals surface area contributed by atoms with Gasteiger partial charge in [0, 0.05) is 25.6 Å². The Morgan fingerprint density at radius 3 is 2.60 bits per heavy atom. The molecule has 1 atom stereocenters. The van der Waals surface area contributed by atoms with Gasteiger partial charge in [0.15, 0.2) is 0 Å². The Labute approximate surface area is 178 Å². The van der Waals surface area contributed by atoms with Crippen molar-refractivity contribution in [1.29, 1.82) is 0 Å². The molecule has 1 aromatic heterocycles. The summed E-state index contributed by atoms with van der Waals surface area (Å²) in [6, 6.07) is 8.19. The van der Waals surface area contributed by atoms with Gasteiger partial charge in [0.2, 0.25) is 10.0 Å². The molecule has 2 amide bonds. The van der Waals surface area contributed by atoms with Crippen molar-refractivity contribution in [3.05, 3.63) is 47.3 Å². The molecule has 0 saturated carbocycles. The molecule has 3 N–H and O–H groups in total. The highest BCUT2D eigenvalue weighted by Crippen LogP contribution is 2.30. The number of amides is 2. The molecule has 0 spiro atoms. The second-order valence-corrected chi connectivity index (χ2v) is 10.7. The zero-order chi connectivity index (χ0) is 21.9. The molecule has 1 saturated heterocycles. The number of nitrogens with one attached hydrogen (secondary N) is 3. The van der Waals surface area contributed by atoms with Crippen molar-refractivity contribution >= 4 is 21.7 Å². The number of anilines is 1. The first-order valence-electron chi connectivity index (χ1n) is 10.2. The van der Waals surface area contributed by atoms with E-state index in [9.17, 15) is 13.2 Å². The summed E-state index contributed by atoms with van der Waals surface area (Å²) in [5, 5.41) is 9.87. The van der Waals surface area contributed by atoms with Crippen LogP contribution in [0.15, 0.2) is 30.5 Å². The number of sulfonamides is 1. The molecular formula is C21H31N5O3S. The maximum absolute atomic E-state index is 12.7. The Morgan fingerprint density at radius 1 is 1.27 bits per heavy atom. The quantitative estimate of drug-likeness (QED) is 0.673. The molecule has 2 aromatic rings. The van der Waals surface area contributed by atoms with Crippen LogP contribution in [0.25, 0.3) is 0 Å². The molecule has 3 rings (SSSR count). The van der Waals surface area contributed by atoms with E-state index in [4.69, 9.17) is 0 Å². The first kappa shape index (κ1) is 22.1. The Balaban J connectivity index is 1.59. The fourth-order valence-electron chi connectivity index (χ4n) is 3.70. The van der Waals surface area contributed by atoms with Gasteiger partial charge in [0.25, 0.3) is 0 Å². The van der Waals surface area contributed by atoms with Gasteiger partial charge in [-0.1, -0.05) is 45.0 Å². The summed E-state index contributed by atoms with van der Waals surface area (Å²) in [5.74, 6) is 0.00215. The first-order valence-corrected chi connectivity index (χ1v) is 12.1. The number of hydrogen-bond donors (Lipinski definition) is 3. The monoisotopic (exact) mass is 433 g/mol. The minimum atomic E-state index is -3.39. The van der Waals surface area contributed by atoms with E-state index in [1.165, 1.54) is 11.8 Å². The van der Waals surface area contributed by atoms with Gasteiger partial charge < -0.3 is 10.2 Å². The largest absolute Gasteiger partial charge is 0.334 e. The molecular weight excluding hydrogens is 402 g/mol. The molecule has 30 heavy (non-hydrogen) atoms. The molecule has 1 aromatic carbocycles. The lowest BCUT2D eigenvalue weighted by atomic mass is 9.87. The summed E-state index contributed by atoms with van der Waals surface area (Å²) < 4.78 is 25.6. The highest BCUT2D eigenvalue weighted by molar-refractivity contribution is 7.92. The van der Waals surface area contributed by atoms with Crippen molar-refractivity contribution in [1.82, 2.24) is 20.4 Å². The first-order chi connectivity index (χ1) is 14.0. The molecule has 1 fully saturated rings. The summed E-state index contributed by atoms with van der Waals surface area (Å²) >= 11 is 0. The summed E-state index contributed by atoms with van der Waals surface area (Å²) in [7, 11) is -3.39. The van der Waals surface area contributed by atoms with Crippen molar-refractivity contribution in [2.75, 3.05) is 24.1 Å². The number of piperidine rings is 1. The zero-order valence-corrected chi connectivity index (χ0v) is 18.8. The Bertz CT molecular complexity index is 977. The van der Waals surface area contributed by atoms with Gasteiger partial charge in [-0.25, -0.2) is 13.2 Å². The predicted molar refractivity (Wildman–Crippen MR) is 118 cm³/mol. The summed E-state index contributed by atoms with van der Waals surface area (Å²) in [6.07, 6.45) is 4.28. The molecule has 0 bridgehead atoms. The fraction of sp³-hybridized carbons (Fsp3) is 0.524. The molecule has 1 aliphatic rings. The standard InChI is InChI=1S/C21H31N5O3S/c1-21(2,3)17-9-7-15(8-10-17)12-22-20(27)26-11-5-6-16(14-26)19-18(13-23-24-19)25-30(4,28)29/h7-10,13,16,25H,5-6,11-12,14H2,1-4H3,(H,22,27)(H,23,24). The van der Waals surface area contributed by atoms with Crippen LogP contribution in [0.3, 0.4) is 0 Å². The third-order valence-electron chi connectivity index (χ3n) is 5.34. The maximum atomic E-state index is 12.7. The topological polar surface area (TPSA) is 107 Å². The van der Waals surface area contributed by atoms with Gasteiger partial charge in [0.1, 0.15) is 0 Å². The third kappa shape index (κ3) is 5.75. The molecule has 2 heterocycles. The van der Waals surface area contributed by atoms with Crippen molar-refractivity contribution in [3.8, 4) is 0 Å². The van der Waals surface area contributed by atoms with E-state index in [1.54, 1.807) is 4.90 Å². The lowest BCUT2D eigenvalue weighted by Gasteiger charge is -2.32. The number of nitrogens with zero attached hydrogens (tertiary/aromatic N) is 2. The average Bonchev–Trinajstić information content (AvgIpc) is 3.12. The molecule has 0 aliphatic carbocycles. The van der Waals surface area contributed by atoms with Crippen LogP contribution in [0.4, 0.5) is 10.5 Å². The number of likely N-dealkylation sites (tertiary alicyclic amines) is 1. The van der Waals surface area contributed by atoms with Gasteiger partial charge in [-0.15, -0.1) is 0 Å². The molecule has 1 aliphatic heterocycles. The van der Waals surface area contributed by atoms with Gasteiger partial charge in [-0.2, -0.15) is 5.10 Å². The third-order valence-corrected chi connectivity index (χ3v) is 5.94. The molecule has 1 unspecified atom stereocenters. The van der Waals surface area contributed by atoms with Crippen LogP contribution in [0.2, 0.25) is 0 Å². The minimum Gasteiger partial charge on any atom is -0.334 e. The lowest BCUT2D eigenvalue weighted by molar-refractivity contribution is 0.178. The van der Waals surface area contributed by atoms with Gasteiger partial charge in [-0.05, 0) is 29.4 Å². The predicted octanol–water partition coefficient (Wildman–Crippen LogP) is 3.17. The molecule has 164 valence electrons. The fourth-order valence-corrected chi connectivity index (χ4v) is 4.26. The second kappa shape index (κ2) is 8.67. The van der Waals surface area contributed by atoms with Gasteiger partial charge in [-0.3, -0.25) is 9.82 Å². The second-order valence-electron chi connectivity index (χ2n) is 8.96. The van der Waals surface area contributed by atoms with E-state index >= 15 is 0 Å². The number of aromatic amines is 1. The number of hydrogen-bond acceptors (Lipinski definition) is 4. The van der Waals surface area contributed by atoms with Crippen LogP contribution in [0.5, 0.6) is 0 Å². The van der Waals surface area contributed by atoms with E-state index in [0.29, 0.717) is 25.3 Å². The summed E-state index contributed by atoms with van der Waals surface area (Å²) in [6.45, 7) is 8.17. The van der Waals surface area contributed by atoms with Crippen LogP contribution in [0.1, 0.15) is 56.4 Å². The highest BCUT2D eigenvalue weighted by Gasteiger charge is 2.28. The van der Waals surface area contributed by atoms with E-state index in [0.717, 1.165) is 30.4 Å². The normalized spacial score (nSPS) is 17.6. The Kier molecular flexibility index (Phi) is 6.40. The van der Waals surface area contributed by atoms with E-state index < -0.39 is 10.0 Å². The zero-order valence-electron chi connectivity index (χ0n) is 18.0. The van der Waals surface area contributed by atoms with Crippen molar-refractivity contribution in [2.45, 2.75) is 51.5 Å². The highest BCUT2D eigenvalue weighted by atomic mass is 32.2. The van der Waals surface area contributed by atoms with Crippen LogP contribution in [0, 0.1) is 0 Å². The van der Waals surface area contributed by atoms with Crippen LogP contribution < -0.4 is 10.0 Å². The van der Waals surface area contributed by atoms with Crippen LogP contribution >= 0.6 is 0 Å². The van der Waals surface area contributed by atoms with Crippen molar-refractivity contribution in [2.24, 2.45) is 0 Å².